The van der Waals surface area contributed by atoms with E-state index in [0.717, 1.165) is 25.0 Å². The van der Waals surface area contributed by atoms with Gasteiger partial charge in [0.05, 0.1) is 20.5 Å². The topological polar surface area (TPSA) is 130 Å². The van der Waals surface area contributed by atoms with Gasteiger partial charge in [-0.2, -0.15) is 4.31 Å². The molecule has 2 aromatic rings. The fraction of sp³-hybridized carbons (Fsp3) is 0.294. The monoisotopic (exact) mass is 493 g/mol. The van der Waals surface area contributed by atoms with Gasteiger partial charge >= 0.3 is 0 Å². The van der Waals surface area contributed by atoms with Crippen LogP contribution >= 0.6 is 11.6 Å². The van der Waals surface area contributed by atoms with Gasteiger partial charge in [-0.3, -0.25) is 4.72 Å². The van der Waals surface area contributed by atoms with E-state index in [1.54, 1.807) is 0 Å². The van der Waals surface area contributed by atoms with E-state index < -0.39 is 30.1 Å². The molecule has 0 atom stereocenters. The molecule has 0 bridgehead atoms. The summed E-state index contributed by atoms with van der Waals surface area (Å²) in [6, 6.07) is 8.57. The van der Waals surface area contributed by atoms with Crippen LogP contribution in [0.3, 0.4) is 0 Å². The zero-order valence-electron chi connectivity index (χ0n) is 15.9. The molecule has 2 aromatic carbocycles. The zero-order valence-corrected chi connectivity index (χ0v) is 19.1. The molecule has 13 heteroatoms. The molecule has 0 spiro atoms. The number of hydrogen-bond acceptors (Lipinski definition) is 6. The van der Waals surface area contributed by atoms with Crippen molar-refractivity contribution >= 4 is 47.4 Å². The van der Waals surface area contributed by atoms with E-state index in [2.05, 4.69) is 9.44 Å². The quantitative estimate of drug-likeness (QED) is 0.605. The summed E-state index contributed by atoms with van der Waals surface area (Å²) in [7, 11) is -10.7. The predicted octanol–water partition coefficient (Wildman–Crippen LogP) is 1.83. The van der Waals surface area contributed by atoms with Crippen LogP contribution in [0.25, 0.3) is 0 Å². The van der Waals surface area contributed by atoms with Crippen LogP contribution in [0.4, 0.5) is 5.69 Å². The molecule has 30 heavy (non-hydrogen) atoms. The second-order valence-corrected chi connectivity index (χ2v) is 12.4. The third kappa shape index (κ3) is 4.63. The van der Waals surface area contributed by atoms with Crippen molar-refractivity contribution in [2.45, 2.75) is 27.5 Å². The number of anilines is 1. The van der Waals surface area contributed by atoms with Crippen molar-refractivity contribution < 1.29 is 25.3 Å². The van der Waals surface area contributed by atoms with Crippen LogP contribution in [-0.2, 0) is 30.1 Å². The standard InChI is InChI=1S/C17H20ClN3O6S3/c1-19-28(22,23)14-5-4-6-15(12-14)29(24,25)20-13-7-8-16(18)17(11-13)30(26,27)21-9-2-3-10-21/h4-8,11-12,19-20H,2-3,9-10H2,1H3. The number of benzene rings is 2. The normalized spacial score (nSPS) is 15.9. The van der Waals surface area contributed by atoms with Gasteiger partial charge in [0.1, 0.15) is 4.90 Å². The number of sulfonamides is 3. The Balaban J connectivity index is 1.96. The maximum absolute atomic E-state index is 12.8. The van der Waals surface area contributed by atoms with Crippen LogP contribution in [0.1, 0.15) is 12.8 Å². The van der Waals surface area contributed by atoms with E-state index in [4.69, 9.17) is 11.6 Å². The average Bonchev–Trinajstić information content (AvgIpc) is 3.25. The molecule has 2 N–H and O–H groups in total. The summed E-state index contributed by atoms with van der Waals surface area (Å²) in [4.78, 5) is -0.711. The van der Waals surface area contributed by atoms with Crippen LogP contribution in [0.5, 0.6) is 0 Å². The minimum absolute atomic E-state index is 0.0148. The van der Waals surface area contributed by atoms with Crippen molar-refractivity contribution in [1.82, 2.24) is 9.03 Å². The molecule has 0 aromatic heterocycles. The smallest absolute Gasteiger partial charge is 0.261 e. The van der Waals surface area contributed by atoms with Gasteiger partial charge in [-0.05, 0) is 56.3 Å². The van der Waals surface area contributed by atoms with E-state index in [1.807, 2.05) is 0 Å². The summed E-state index contributed by atoms with van der Waals surface area (Å²) in [6.45, 7) is 0.753. The molecule has 3 rings (SSSR count). The van der Waals surface area contributed by atoms with Crippen molar-refractivity contribution in [2.75, 3.05) is 24.9 Å². The lowest BCUT2D eigenvalue weighted by Crippen LogP contribution is -2.28. The Hall–Kier alpha value is -1.70. The molecule has 164 valence electrons. The molecular weight excluding hydrogens is 474 g/mol. The van der Waals surface area contributed by atoms with E-state index in [0.29, 0.717) is 13.1 Å². The molecule has 1 fully saturated rings. The molecule has 1 aliphatic rings. The van der Waals surface area contributed by atoms with Crippen LogP contribution in [0, 0.1) is 0 Å². The van der Waals surface area contributed by atoms with Crippen LogP contribution in [0.2, 0.25) is 5.02 Å². The first-order valence-corrected chi connectivity index (χ1v) is 13.6. The molecule has 9 nitrogen and oxygen atoms in total. The number of nitrogens with one attached hydrogen (secondary N) is 2. The molecule has 1 heterocycles. The van der Waals surface area contributed by atoms with Gasteiger partial charge < -0.3 is 0 Å². The van der Waals surface area contributed by atoms with Gasteiger partial charge in [0.15, 0.2) is 0 Å². The number of hydrogen-bond donors (Lipinski definition) is 2. The van der Waals surface area contributed by atoms with Crippen molar-refractivity contribution in [3.05, 3.63) is 47.5 Å². The van der Waals surface area contributed by atoms with Crippen LogP contribution < -0.4 is 9.44 Å². The fourth-order valence-electron chi connectivity index (χ4n) is 2.97. The summed E-state index contributed by atoms with van der Waals surface area (Å²) in [5, 5.41) is -0.0213. The first-order valence-electron chi connectivity index (χ1n) is 8.83. The summed E-state index contributed by atoms with van der Waals surface area (Å²) >= 11 is 6.08. The number of nitrogens with zero attached hydrogens (tertiary/aromatic N) is 1. The van der Waals surface area contributed by atoms with Crippen molar-refractivity contribution in [3.8, 4) is 0 Å². The second kappa shape index (κ2) is 8.44. The Labute approximate surface area is 181 Å². The maximum Gasteiger partial charge on any atom is 0.261 e. The minimum Gasteiger partial charge on any atom is -0.280 e. The SMILES string of the molecule is CNS(=O)(=O)c1cccc(S(=O)(=O)Nc2ccc(Cl)c(S(=O)(=O)N3CCCC3)c2)c1. The molecule has 1 aliphatic heterocycles. The second-order valence-electron chi connectivity index (χ2n) is 6.54. The molecular formula is C17H20ClN3O6S3. The Bertz CT molecular complexity index is 1270. The van der Waals surface area contributed by atoms with Crippen LogP contribution in [0.15, 0.2) is 57.2 Å². The highest BCUT2D eigenvalue weighted by atomic mass is 35.5. The molecule has 0 unspecified atom stereocenters. The lowest BCUT2D eigenvalue weighted by Gasteiger charge is -2.17. The lowest BCUT2D eigenvalue weighted by atomic mass is 10.3. The number of halogens is 1. The molecule has 0 radical (unpaired) electrons. The van der Waals surface area contributed by atoms with Gasteiger partial charge in [-0.25, -0.2) is 30.0 Å². The van der Waals surface area contributed by atoms with E-state index in [9.17, 15) is 25.3 Å². The predicted molar refractivity (Wildman–Crippen MR) is 113 cm³/mol. The van der Waals surface area contributed by atoms with Crippen molar-refractivity contribution in [3.63, 3.8) is 0 Å². The molecule has 0 amide bonds. The van der Waals surface area contributed by atoms with Gasteiger partial charge in [-0.1, -0.05) is 17.7 Å². The highest BCUT2D eigenvalue weighted by Gasteiger charge is 2.29. The van der Waals surface area contributed by atoms with Crippen LogP contribution in [-0.4, -0.2) is 49.7 Å². The first kappa shape index (κ1) is 23.0. The molecule has 1 saturated heterocycles. The Morgan fingerprint density at radius 2 is 1.47 bits per heavy atom. The number of rotatable bonds is 7. The van der Waals surface area contributed by atoms with Gasteiger partial charge in [-0.15, -0.1) is 0 Å². The highest BCUT2D eigenvalue weighted by molar-refractivity contribution is 7.93. The summed E-state index contributed by atoms with van der Waals surface area (Å²) in [5.41, 5.74) is -0.0148. The van der Waals surface area contributed by atoms with E-state index in [1.165, 1.54) is 41.7 Å². The lowest BCUT2D eigenvalue weighted by molar-refractivity contribution is 0.477. The summed E-state index contributed by atoms with van der Waals surface area (Å²) < 4.78 is 80.7. The zero-order chi connectivity index (χ0) is 22.2. The minimum atomic E-state index is -4.19. The summed E-state index contributed by atoms with van der Waals surface area (Å²) in [6.07, 6.45) is 1.49. The van der Waals surface area contributed by atoms with E-state index >= 15 is 0 Å². The molecule has 0 saturated carbocycles. The van der Waals surface area contributed by atoms with E-state index in [-0.39, 0.29) is 25.4 Å². The molecule has 0 aliphatic carbocycles. The van der Waals surface area contributed by atoms with Crippen molar-refractivity contribution in [1.29, 1.82) is 0 Å². The van der Waals surface area contributed by atoms with Crippen molar-refractivity contribution in [2.24, 2.45) is 0 Å². The Morgan fingerprint density at radius 3 is 2.07 bits per heavy atom. The van der Waals surface area contributed by atoms with Gasteiger partial charge in [0.2, 0.25) is 20.0 Å². The third-order valence-corrected chi connectivity index (χ3v) is 9.73. The highest BCUT2D eigenvalue weighted by Crippen LogP contribution is 2.30. The largest absolute Gasteiger partial charge is 0.280 e. The average molecular weight is 494 g/mol. The fourth-order valence-corrected chi connectivity index (χ4v) is 6.94. The van der Waals surface area contributed by atoms with Gasteiger partial charge in [0, 0.05) is 13.1 Å². The summed E-state index contributed by atoms with van der Waals surface area (Å²) in [5.74, 6) is 0. The first-order chi connectivity index (χ1) is 14.0. The third-order valence-electron chi connectivity index (χ3n) is 4.56. The Kier molecular flexibility index (Phi) is 6.46. The maximum atomic E-state index is 12.8. The van der Waals surface area contributed by atoms with Gasteiger partial charge in [0.25, 0.3) is 10.0 Å². The Morgan fingerprint density at radius 1 is 0.867 bits per heavy atom.